The molecule has 5 nitrogen and oxygen atoms in total. The molecule has 0 unspecified atom stereocenters. The first-order chi connectivity index (χ1) is 11.3. The molecule has 0 bridgehead atoms. The molecule has 1 N–H and O–H groups in total. The van der Waals surface area contributed by atoms with Gasteiger partial charge < -0.3 is 4.90 Å². The molecule has 0 saturated carbocycles. The van der Waals surface area contributed by atoms with E-state index in [9.17, 15) is 9.59 Å². The summed E-state index contributed by atoms with van der Waals surface area (Å²) in [6, 6.07) is 18.4. The third-order valence-corrected chi connectivity index (χ3v) is 3.85. The van der Waals surface area contributed by atoms with Crippen molar-refractivity contribution in [2.45, 2.75) is 0 Å². The van der Waals surface area contributed by atoms with E-state index in [1.54, 1.807) is 22.0 Å². The number of amides is 2. The van der Waals surface area contributed by atoms with E-state index in [2.05, 4.69) is 5.43 Å². The predicted octanol–water partition coefficient (Wildman–Crippen LogP) is 1.79. The van der Waals surface area contributed by atoms with Crippen LogP contribution in [0.5, 0.6) is 0 Å². The van der Waals surface area contributed by atoms with Crippen LogP contribution < -0.4 is 5.43 Å². The fourth-order valence-electron chi connectivity index (χ4n) is 2.61. The fraction of sp³-hybridized carbons (Fsp3) is 0.222. The number of carbonyl (C=O) groups is 2. The Labute approximate surface area is 135 Å². The highest BCUT2D eigenvalue weighted by Gasteiger charge is 2.23. The smallest absolute Gasteiger partial charge is 0.268 e. The van der Waals surface area contributed by atoms with Gasteiger partial charge in [-0.1, -0.05) is 36.4 Å². The Balaban J connectivity index is 1.66. The summed E-state index contributed by atoms with van der Waals surface area (Å²) in [4.78, 5) is 26.7. The van der Waals surface area contributed by atoms with Crippen molar-refractivity contribution in [1.29, 1.82) is 0 Å². The van der Waals surface area contributed by atoms with E-state index >= 15 is 0 Å². The predicted molar refractivity (Wildman–Crippen MR) is 87.8 cm³/mol. The van der Waals surface area contributed by atoms with Gasteiger partial charge in [-0.2, -0.15) is 0 Å². The van der Waals surface area contributed by atoms with Crippen LogP contribution in [-0.4, -0.2) is 47.9 Å². The van der Waals surface area contributed by atoms with Crippen molar-refractivity contribution in [1.82, 2.24) is 15.3 Å². The lowest BCUT2D eigenvalue weighted by Crippen LogP contribution is -2.43. The van der Waals surface area contributed by atoms with Gasteiger partial charge in [0.1, 0.15) is 0 Å². The summed E-state index contributed by atoms with van der Waals surface area (Å²) in [6.07, 6.45) is 0. The van der Waals surface area contributed by atoms with Crippen LogP contribution in [0.2, 0.25) is 0 Å². The van der Waals surface area contributed by atoms with Gasteiger partial charge in [-0.15, -0.1) is 0 Å². The zero-order valence-electron chi connectivity index (χ0n) is 12.8. The molecule has 0 aromatic heterocycles. The van der Waals surface area contributed by atoms with Crippen molar-refractivity contribution in [3.05, 3.63) is 71.8 Å². The van der Waals surface area contributed by atoms with Gasteiger partial charge >= 0.3 is 0 Å². The topological polar surface area (TPSA) is 52.7 Å². The largest absolute Gasteiger partial charge is 0.335 e. The lowest BCUT2D eigenvalue weighted by molar-refractivity contribution is 0.0661. The third kappa shape index (κ3) is 3.57. The van der Waals surface area contributed by atoms with Crippen LogP contribution in [0, 0.1) is 0 Å². The Morgan fingerprint density at radius 2 is 1.30 bits per heavy atom. The minimum Gasteiger partial charge on any atom is -0.335 e. The molecule has 1 fully saturated rings. The summed E-state index contributed by atoms with van der Waals surface area (Å²) < 4.78 is 0. The van der Waals surface area contributed by atoms with E-state index in [4.69, 9.17) is 0 Å². The minimum absolute atomic E-state index is 0.00131. The summed E-state index contributed by atoms with van der Waals surface area (Å²) in [5.74, 6) is -0.0685. The van der Waals surface area contributed by atoms with E-state index in [0.717, 1.165) is 0 Å². The minimum atomic E-state index is -0.0698. The molecule has 1 heterocycles. The highest BCUT2D eigenvalue weighted by Crippen LogP contribution is 2.08. The SMILES string of the molecule is O=C(c1ccccc1)N1CCNN(C(=O)c2ccccc2)CC1. The molecule has 118 valence electrons. The van der Waals surface area contributed by atoms with Gasteiger partial charge in [-0.25, -0.2) is 5.43 Å². The molecule has 0 radical (unpaired) electrons. The first-order valence-electron chi connectivity index (χ1n) is 7.70. The molecule has 0 atom stereocenters. The number of benzene rings is 2. The Morgan fingerprint density at radius 1 is 0.739 bits per heavy atom. The van der Waals surface area contributed by atoms with Gasteiger partial charge in [0, 0.05) is 30.8 Å². The number of rotatable bonds is 2. The Kier molecular flexibility index (Phi) is 4.68. The number of hydrogen-bond donors (Lipinski definition) is 1. The molecular formula is C18H19N3O2. The lowest BCUT2D eigenvalue weighted by Gasteiger charge is -2.22. The first kappa shape index (κ1) is 15.2. The van der Waals surface area contributed by atoms with Crippen LogP contribution in [0.3, 0.4) is 0 Å². The zero-order valence-corrected chi connectivity index (χ0v) is 12.8. The molecule has 2 amide bonds. The molecule has 1 aliphatic rings. The van der Waals surface area contributed by atoms with E-state index in [-0.39, 0.29) is 11.8 Å². The third-order valence-electron chi connectivity index (χ3n) is 3.85. The van der Waals surface area contributed by atoms with E-state index in [1.165, 1.54) is 0 Å². The maximum atomic E-state index is 12.5. The average molecular weight is 309 g/mol. The van der Waals surface area contributed by atoms with Crippen LogP contribution in [0.15, 0.2) is 60.7 Å². The van der Waals surface area contributed by atoms with Crippen LogP contribution >= 0.6 is 0 Å². The number of hydrazine groups is 1. The molecule has 1 saturated heterocycles. The summed E-state index contributed by atoms with van der Waals surface area (Å²) >= 11 is 0. The van der Waals surface area contributed by atoms with Crippen molar-refractivity contribution in [2.24, 2.45) is 0 Å². The second-order valence-corrected chi connectivity index (χ2v) is 5.39. The van der Waals surface area contributed by atoms with Gasteiger partial charge in [0.2, 0.25) is 0 Å². The number of hydrogen-bond acceptors (Lipinski definition) is 3. The molecule has 2 aromatic rings. The summed E-state index contributed by atoms with van der Waals surface area (Å²) in [5, 5.41) is 1.59. The molecule has 0 aliphatic carbocycles. The van der Waals surface area contributed by atoms with Crippen molar-refractivity contribution in [3.63, 3.8) is 0 Å². The second-order valence-electron chi connectivity index (χ2n) is 5.39. The quantitative estimate of drug-likeness (QED) is 0.920. The molecule has 3 rings (SSSR count). The van der Waals surface area contributed by atoms with Gasteiger partial charge in [-0.3, -0.25) is 14.6 Å². The molecule has 2 aromatic carbocycles. The number of nitrogens with zero attached hydrogens (tertiary/aromatic N) is 2. The summed E-state index contributed by atoms with van der Waals surface area (Å²) in [5.41, 5.74) is 4.42. The Bertz CT molecular complexity index is 614. The monoisotopic (exact) mass is 309 g/mol. The second kappa shape index (κ2) is 7.07. The van der Waals surface area contributed by atoms with Crippen molar-refractivity contribution < 1.29 is 9.59 Å². The van der Waals surface area contributed by atoms with Gasteiger partial charge in [0.05, 0.1) is 6.54 Å². The average Bonchev–Trinajstić information content (AvgIpc) is 2.88. The summed E-state index contributed by atoms with van der Waals surface area (Å²) in [7, 11) is 0. The van der Waals surface area contributed by atoms with Crippen LogP contribution in [-0.2, 0) is 0 Å². The van der Waals surface area contributed by atoms with E-state index in [1.807, 2.05) is 48.5 Å². The van der Waals surface area contributed by atoms with Gasteiger partial charge in [0.15, 0.2) is 0 Å². The number of nitrogens with one attached hydrogen (secondary N) is 1. The van der Waals surface area contributed by atoms with Crippen LogP contribution in [0.1, 0.15) is 20.7 Å². The molecule has 23 heavy (non-hydrogen) atoms. The Hall–Kier alpha value is -2.66. The van der Waals surface area contributed by atoms with Crippen LogP contribution in [0.4, 0.5) is 0 Å². The van der Waals surface area contributed by atoms with Gasteiger partial charge in [-0.05, 0) is 24.3 Å². The van der Waals surface area contributed by atoms with Gasteiger partial charge in [0.25, 0.3) is 11.8 Å². The van der Waals surface area contributed by atoms with E-state index < -0.39 is 0 Å². The fourth-order valence-corrected chi connectivity index (χ4v) is 2.61. The Morgan fingerprint density at radius 3 is 1.91 bits per heavy atom. The normalized spacial score (nSPS) is 15.1. The maximum Gasteiger partial charge on any atom is 0.268 e. The molecule has 5 heteroatoms. The van der Waals surface area contributed by atoms with Crippen molar-refractivity contribution in [3.8, 4) is 0 Å². The van der Waals surface area contributed by atoms with E-state index in [0.29, 0.717) is 37.3 Å². The number of carbonyl (C=O) groups excluding carboxylic acids is 2. The first-order valence-corrected chi connectivity index (χ1v) is 7.70. The lowest BCUT2D eigenvalue weighted by atomic mass is 10.2. The molecular weight excluding hydrogens is 290 g/mol. The summed E-state index contributed by atoms with van der Waals surface area (Å²) in [6.45, 7) is 2.11. The molecule has 0 spiro atoms. The van der Waals surface area contributed by atoms with Crippen LogP contribution in [0.25, 0.3) is 0 Å². The van der Waals surface area contributed by atoms with Crippen molar-refractivity contribution in [2.75, 3.05) is 26.2 Å². The highest BCUT2D eigenvalue weighted by molar-refractivity contribution is 5.95. The zero-order chi connectivity index (χ0) is 16.1. The highest BCUT2D eigenvalue weighted by atomic mass is 16.2. The molecule has 1 aliphatic heterocycles. The standard InChI is InChI=1S/C18H19N3O2/c22-17(15-7-3-1-4-8-15)20-12-11-19-21(14-13-20)18(23)16-9-5-2-6-10-16/h1-10,19H,11-14H2. The van der Waals surface area contributed by atoms with Crippen molar-refractivity contribution >= 4 is 11.8 Å². The maximum absolute atomic E-state index is 12.5.